The van der Waals surface area contributed by atoms with Crippen LogP contribution in [0.3, 0.4) is 0 Å². The summed E-state index contributed by atoms with van der Waals surface area (Å²) in [6.07, 6.45) is 12.0. The van der Waals surface area contributed by atoms with E-state index in [1.807, 2.05) is 6.92 Å². The Balaban J connectivity index is 1.86. The van der Waals surface area contributed by atoms with Crippen LogP contribution in [0.25, 0.3) is 0 Å². The summed E-state index contributed by atoms with van der Waals surface area (Å²) in [7, 11) is 0. The van der Waals surface area contributed by atoms with Gasteiger partial charge in [0.1, 0.15) is 12.2 Å². The van der Waals surface area contributed by atoms with Crippen LogP contribution in [0.15, 0.2) is 0 Å². The number of hydrogen-bond acceptors (Lipinski definition) is 4. The lowest BCUT2D eigenvalue weighted by atomic mass is 9.88. The Bertz CT molecular complexity index is 394. The van der Waals surface area contributed by atoms with Crippen LogP contribution < -0.4 is 0 Å². The SMILES string of the molecule is CCC(C)C(CC(=O)OC1CCCCC1)C(=O)OC1CCCCC1. The molecule has 2 atom stereocenters. The van der Waals surface area contributed by atoms with E-state index in [-0.39, 0.29) is 42.4 Å². The third-order valence-corrected chi connectivity index (χ3v) is 5.71. The monoisotopic (exact) mass is 338 g/mol. The first-order valence-electron chi connectivity index (χ1n) is 10.00. The molecule has 2 rings (SSSR count). The number of hydrogen-bond donors (Lipinski definition) is 0. The largest absolute Gasteiger partial charge is 0.462 e. The van der Waals surface area contributed by atoms with E-state index in [2.05, 4.69) is 6.92 Å². The van der Waals surface area contributed by atoms with E-state index in [1.54, 1.807) is 0 Å². The maximum absolute atomic E-state index is 12.6. The number of carbonyl (C=O) groups excluding carboxylic acids is 2. The van der Waals surface area contributed by atoms with Gasteiger partial charge in [-0.15, -0.1) is 0 Å². The normalized spacial score (nSPS) is 22.6. The lowest BCUT2D eigenvalue weighted by molar-refractivity contribution is -0.164. The molecule has 0 spiro atoms. The van der Waals surface area contributed by atoms with Crippen LogP contribution >= 0.6 is 0 Å². The predicted molar refractivity (Wildman–Crippen MR) is 93.5 cm³/mol. The van der Waals surface area contributed by atoms with Crippen molar-refractivity contribution in [1.82, 2.24) is 0 Å². The summed E-state index contributed by atoms with van der Waals surface area (Å²) in [4.78, 5) is 24.9. The highest BCUT2D eigenvalue weighted by atomic mass is 16.6. The van der Waals surface area contributed by atoms with Crippen LogP contribution in [-0.2, 0) is 19.1 Å². The summed E-state index contributed by atoms with van der Waals surface area (Å²) in [6, 6.07) is 0. The minimum Gasteiger partial charge on any atom is -0.462 e. The number of rotatable bonds is 7. The van der Waals surface area contributed by atoms with Gasteiger partial charge in [0, 0.05) is 0 Å². The zero-order valence-electron chi connectivity index (χ0n) is 15.4. The molecule has 2 saturated carbocycles. The highest BCUT2D eigenvalue weighted by Crippen LogP contribution is 2.27. The summed E-state index contributed by atoms with van der Waals surface area (Å²) >= 11 is 0. The fourth-order valence-corrected chi connectivity index (χ4v) is 3.83. The van der Waals surface area contributed by atoms with Crippen LogP contribution in [0.1, 0.15) is 90.9 Å². The molecule has 0 radical (unpaired) electrons. The average Bonchev–Trinajstić information content (AvgIpc) is 2.60. The quantitative estimate of drug-likeness (QED) is 0.626. The number of ether oxygens (including phenoxy) is 2. The molecule has 0 saturated heterocycles. The summed E-state index contributed by atoms with van der Waals surface area (Å²) < 4.78 is 11.3. The van der Waals surface area contributed by atoms with Gasteiger partial charge in [0.05, 0.1) is 12.3 Å². The molecule has 0 aromatic heterocycles. The van der Waals surface area contributed by atoms with E-state index >= 15 is 0 Å². The molecule has 4 nitrogen and oxygen atoms in total. The van der Waals surface area contributed by atoms with Gasteiger partial charge < -0.3 is 9.47 Å². The van der Waals surface area contributed by atoms with Gasteiger partial charge in [-0.3, -0.25) is 9.59 Å². The standard InChI is InChI=1S/C20H34O4/c1-3-15(2)18(20(22)24-17-12-8-5-9-13-17)14-19(21)23-16-10-6-4-7-11-16/h15-18H,3-14H2,1-2H3. The van der Waals surface area contributed by atoms with Crippen molar-refractivity contribution in [3.05, 3.63) is 0 Å². The molecule has 2 unspecified atom stereocenters. The molecule has 0 bridgehead atoms. The number of esters is 2. The van der Waals surface area contributed by atoms with Crippen LogP contribution in [-0.4, -0.2) is 24.1 Å². The third kappa shape index (κ3) is 6.10. The molecule has 0 heterocycles. The van der Waals surface area contributed by atoms with Crippen molar-refractivity contribution in [3.8, 4) is 0 Å². The molecule has 4 heteroatoms. The Labute approximate surface area is 146 Å². The Morgan fingerprint density at radius 1 is 0.875 bits per heavy atom. The van der Waals surface area contributed by atoms with E-state index in [9.17, 15) is 9.59 Å². The van der Waals surface area contributed by atoms with Crippen molar-refractivity contribution >= 4 is 11.9 Å². The third-order valence-electron chi connectivity index (χ3n) is 5.71. The first-order chi connectivity index (χ1) is 11.6. The molecule has 0 aromatic rings. The highest BCUT2D eigenvalue weighted by molar-refractivity contribution is 5.80. The summed E-state index contributed by atoms with van der Waals surface area (Å²) in [5.74, 6) is -0.655. The zero-order valence-corrected chi connectivity index (χ0v) is 15.4. The molecule has 0 amide bonds. The molecular weight excluding hydrogens is 304 g/mol. The van der Waals surface area contributed by atoms with Crippen molar-refractivity contribution in [2.24, 2.45) is 11.8 Å². The second kappa shape index (κ2) is 10.0. The molecule has 24 heavy (non-hydrogen) atoms. The molecule has 138 valence electrons. The van der Waals surface area contributed by atoms with Crippen molar-refractivity contribution in [2.75, 3.05) is 0 Å². The second-order valence-corrected chi connectivity index (χ2v) is 7.64. The number of carbonyl (C=O) groups is 2. The second-order valence-electron chi connectivity index (χ2n) is 7.64. The summed E-state index contributed by atoms with van der Waals surface area (Å²) in [5.41, 5.74) is 0. The van der Waals surface area contributed by atoms with Gasteiger partial charge in [-0.05, 0) is 57.3 Å². The van der Waals surface area contributed by atoms with Gasteiger partial charge in [0.15, 0.2) is 0 Å². The van der Waals surface area contributed by atoms with Gasteiger partial charge in [0.2, 0.25) is 0 Å². The Hall–Kier alpha value is -1.06. The lowest BCUT2D eigenvalue weighted by Gasteiger charge is -2.27. The van der Waals surface area contributed by atoms with Crippen molar-refractivity contribution in [1.29, 1.82) is 0 Å². The molecule has 2 aliphatic rings. The Kier molecular flexibility index (Phi) is 8.07. The van der Waals surface area contributed by atoms with E-state index in [1.165, 1.54) is 12.8 Å². The van der Waals surface area contributed by atoms with E-state index in [0.717, 1.165) is 57.8 Å². The van der Waals surface area contributed by atoms with E-state index in [0.29, 0.717) is 0 Å². The van der Waals surface area contributed by atoms with Gasteiger partial charge in [0.25, 0.3) is 0 Å². The fraction of sp³-hybridized carbons (Fsp3) is 0.900. The van der Waals surface area contributed by atoms with Gasteiger partial charge in [-0.25, -0.2) is 0 Å². The van der Waals surface area contributed by atoms with Gasteiger partial charge >= 0.3 is 11.9 Å². The Morgan fingerprint density at radius 2 is 1.38 bits per heavy atom. The molecule has 0 aliphatic heterocycles. The molecular formula is C20H34O4. The highest BCUT2D eigenvalue weighted by Gasteiger charge is 2.32. The molecule has 2 aliphatic carbocycles. The van der Waals surface area contributed by atoms with Crippen LogP contribution in [0, 0.1) is 11.8 Å². The molecule has 0 N–H and O–H groups in total. The predicted octanol–water partition coefficient (Wildman–Crippen LogP) is 4.79. The molecule has 0 aromatic carbocycles. The van der Waals surface area contributed by atoms with Crippen molar-refractivity contribution < 1.29 is 19.1 Å². The Morgan fingerprint density at radius 3 is 1.88 bits per heavy atom. The first-order valence-corrected chi connectivity index (χ1v) is 10.00. The molecule has 2 fully saturated rings. The minimum atomic E-state index is -0.368. The zero-order chi connectivity index (χ0) is 17.4. The smallest absolute Gasteiger partial charge is 0.310 e. The van der Waals surface area contributed by atoms with E-state index < -0.39 is 0 Å². The maximum Gasteiger partial charge on any atom is 0.310 e. The van der Waals surface area contributed by atoms with Crippen molar-refractivity contribution in [3.63, 3.8) is 0 Å². The van der Waals surface area contributed by atoms with Crippen LogP contribution in [0.2, 0.25) is 0 Å². The maximum atomic E-state index is 12.6. The summed E-state index contributed by atoms with van der Waals surface area (Å²) in [5, 5.41) is 0. The van der Waals surface area contributed by atoms with E-state index in [4.69, 9.17) is 9.47 Å². The summed E-state index contributed by atoms with van der Waals surface area (Å²) in [6.45, 7) is 4.08. The van der Waals surface area contributed by atoms with Crippen LogP contribution in [0.5, 0.6) is 0 Å². The van der Waals surface area contributed by atoms with Gasteiger partial charge in [-0.2, -0.15) is 0 Å². The van der Waals surface area contributed by atoms with Crippen molar-refractivity contribution in [2.45, 2.75) is 103 Å². The fourth-order valence-electron chi connectivity index (χ4n) is 3.83. The topological polar surface area (TPSA) is 52.6 Å². The minimum absolute atomic E-state index is 0.0483. The van der Waals surface area contributed by atoms with Crippen LogP contribution in [0.4, 0.5) is 0 Å². The average molecular weight is 338 g/mol. The lowest BCUT2D eigenvalue weighted by Crippen LogP contribution is -2.32. The van der Waals surface area contributed by atoms with Gasteiger partial charge in [-0.1, -0.05) is 33.1 Å². The first kappa shape index (κ1) is 19.3.